The van der Waals surface area contributed by atoms with E-state index in [1.54, 1.807) is 48.4 Å². The summed E-state index contributed by atoms with van der Waals surface area (Å²) in [5.41, 5.74) is 0.748. The number of pyridine rings is 1. The Morgan fingerprint density at radius 1 is 1.06 bits per heavy atom. The zero-order chi connectivity index (χ0) is 21.8. The molecule has 5 aromatic rings. The van der Waals surface area contributed by atoms with E-state index in [2.05, 4.69) is 20.2 Å². The van der Waals surface area contributed by atoms with Crippen LogP contribution in [0.1, 0.15) is 22.9 Å². The normalized spacial score (nSPS) is 13.2. The highest BCUT2D eigenvalue weighted by atomic mass is 19.4. The van der Waals surface area contributed by atoms with Gasteiger partial charge in [-0.1, -0.05) is 6.07 Å². The summed E-state index contributed by atoms with van der Waals surface area (Å²) < 4.78 is 44.3. The summed E-state index contributed by atoms with van der Waals surface area (Å²) in [5, 5.41) is 20.1. The predicted molar refractivity (Wildman–Crippen MR) is 106 cm³/mol. The monoisotopic (exact) mass is 424 g/mol. The predicted octanol–water partition coefficient (Wildman–Crippen LogP) is 3.78. The van der Waals surface area contributed by atoms with Crippen molar-refractivity contribution in [3.05, 3.63) is 78.0 Å². The number of hydrogen-bond donors (Lipinski definition) is 1. The molecule has 7 nitrogen and oxygen atoms in total. The van der Waals surface area contributed by atoms with E-state index in [9.17, 15) is 18.3 Å². The standard InChI is InChI=1S/C21H15F3N6O/c1-29-11-13(9-27-29)16-4-5-19-26-10-18(30(19)28-16)20(31)14-7-12-3-2-6-25-17(12)8-15(14)21(22,23)24/h2-11,20,31H,1H3. The van der Waals surface area contributed by atoms with E-state index >= 15 is 0 Å². The van der Waals surface area contributed by atoms with E-state index < -0.39 is 17.8 Å². The maximum Gasteiger partial charge on any atom is 0.416 e. The third kappa shape index (κ3) is 3.30. The van der Waals surface area contributed by atoms with Crippen molar-refractivity contribution in [3.8, 4) is 11.3 Å². The molecule has 0 amide bonds. The molecule has 0 aliphatic rings. The molecule has 0 bridgehead atoms. The SMILES string of the molecule is Cn1cc(-c2ccc3ncc(C(O)c4cc5cccnc5cc4C(F)(F)F)n3n2)cn1. The molecule has 0 aliphatic carbocycles. The first kappa shape index (κ1) is 19.2. The Hall–Kier alpha value is -3.79. The Balaban J connectivity index is 1.68. The van der Waals surface area contributed by atoms with E-state index in [-0.39, 0.29) is 16.8 Å². The molecule has 4 heterocycles. The highest BCUT2D eigenvalue weighted by Crippen LogP contribution is 2.38. The third-order valence-electron chi connectivity index (χ3n) is 5.04. The van der Waals surface area contributed by atoms with Crippen LogP contribution in [-0.4, -0.2) is 34.5 Å². The summed E-state index contributed by atoms with van der Waals surface area (Å²) >= 11 is 0. The molecule has 156 valence electrons. The van der Waals surface area contributed by atoms with Crippen LogP contribution < -0.4 is 0 Å². The minimum absolute atomic E-state index is 0.120. The van der Waals surface area contributed by atoms with Gasteiger partial charge >= 0.3 is 6.18 Å². The number of aliphatic hydroxyl groups is 1. The fraction of sp³-hybridized carbons (Fsp3) is 0.143. The third-order valence-corrected chi connectivity index (χ3v) is 5.04. The number of benzene rings is 1. The van der Waals surface area contributed by atoms with Gasteiger partial charge < -0.3 is 5.11 Å². The number of halogens is 3. The molecule has 4 aromatic heterocycles. The number of fused-ring (bicyclic) bond motifs is 2. The Morgan fingerprint density at radius 3 is 2.65 bits per heavy atom. The molecule has 1 unspecified atom stereocenters. The Kier molecular flexibility index (Phi) is 4.26. The van der Waals surface area contributed by atoms with E-state index in [1.165, 1.54) is 23.0 Å². The summed E-state index contributed by atoms with van der Waals surface area (Å²) in [6.07, 6.45) is -0.136. The minimum Gasteiger partial charge on any atom is -0.382 e. The number of nitrogens with zero attached hydrogens (tertiary/aromatic N) is 6. The molecule has 31 heavy (non-hydrogen) atoms. The van der Waals surface area contributed by atoms with Gasteiger partial charge in [0.05, 0.1) is 34.9 Å². The minimum atomic E-state index is -4.67. The van der Waals surface area contributed by atoms with Gasteiger partial charge in [-0.15, -0.1) is 0 Å². The molecule has 0 radical (unpaired) electrons. The van der Waals surface area contributed by atoms with Crippen molar-refractivity contribution in [3.63, 3.8) is 0 Å². The molecule has 10 heteroatoms. The van der Waals surface area contributed by atoms with Crippen LogP contribution in [-0.2, 0) is 13.2 Å². The molecular formula is C21H15F3N6O. The van der Waals surface area contributed by atoms with Crippen molar-refractivity contribution in [2.75, 3.05) is 0 Å². The van der Waals surface area contributed by atoms with Crippen molar-refractivity contribution in [1.29, 1.82) is 0 Å². The molecular weight excluding hydrogens is 409 g/mol. The summed E-state index contributed by atoms with van der Waals surface area (Å²) in [7, 11) is 1.77. The van der Waals surface area contributed by atoms with Crippen LogP contribution in [0, 0.1) is 0 Å². The fourth-order valence-electron chi connectivity index (χ4n) is 3.55. The number of aromatic nitrogens is 6. The number of hydrogen-bond acceptors (Lipinski definition) is 5. The van der Waals surface area contributed by atoms with Gasteiger partial charge in [-0.2, -0.15) is 23.4 Å². The second-order valence-corrected chi connectivity index (χ2v) is 7.11. The highest BCUT2D eigenvalue weighted by molar-refractivity contribution is 5.80. The van der Waals surface area contributed by atoms with Gasteiger partial charge in [0.25, 0.3) is 0 Å². The lowest BCUT2D eigenvalue weighted by molar-refractivity contribution is -0.138. The average molecular weight is 424 g/mol. The molecule has 1 atom stereocenters. The van der Waals surface area contributed by atoms with E-state index in [0.717, 1.165) is 11.6 Å². The number of imidazole rings is 1. The summed E-state index contributed by atoms with van der Waals surface area (Å²) in [4.78, 5) is 8.18. The lowest BCUT2D eigenvalue weighted by Gasteiger charge is -2.18. The van der Waals surface area contributed by atoms with Gasteiger partial charge in [0, 0.05) is 30.4 Å². The van der Waals surface area contributed by atoms with Crippen molar-refractivity contribution in [2.45, 2.75) is 12.3 Å². The Labute approximate surface area is 173 Å². The Morgan fingerprint density at radius 2 is 1.90 bits per heavy atom. The summed E-state index contributed by atoms with van der Waals surface area (Å²) in [6, 6.07) is 8.94. The van der Waals surface area contributed by atoms with E-state index in [4.69, 9.17) is 0 Å². The molecule has 0 spiro atoms. The van der Waals surface area contributed by atoms with Gasteiger partial charge in [-0.25, -0.2) is 9.50 Å². The molecule has 0 saturated heterocycles. The van der Waals surface area contributed by atoms with Crippen molar-refractivity contribution < 1.29 is 18.3 Å². The Bertz CT molecular complexity index is 1420. The molecule has 0 saturated carbocycles. The van der Waals surface area contributed by atoms with Gasteiger partial charge in [0.1, 0.15) is 6.10 Å². The zero-order valence-electron chi connectivity index (χ0n) is 16.1. The van der Waals surface area contributed by atoms with Gasteiger partial charge in [0.15, 0.2) is 5.65 Å². The lowest BCUT2D eigenvalue weighted by Crippen LogP contribution is -2.14. The number of alkyl halides is 3. The highest BCUT2D eigenvalue weighted by Gasteiger charge is 2.36. The maximum absolute atomic E-state index is 13.8. The van der Waals surface area contributed by atoms with Crippen LogP contribution >= 0.6 is 0 Å². The number of aliphatic hydroxyl groups excluding tert-OH is 1. The lowest BCUT2D eigenvalue weighted by atomic mass is 9.97. The number of aryl methyl sites for hydroxylation is 1. The molecule has 0 aliphatic heterocycles. The molecule has 5 rings (SSSR count). The first-order valence-corrected chi connectivity index (χ1v) is 9.29. The zero-order valence-corrected chi connectivity index (χ0v) is 16.1. The van der Waals surface area contributed by atoms with E-state index in [1.807, 2.05) is 0 Å². The van der Waals surface area contributed by atoms with Crippen molar-refractivity contribution >= 4 is 16.6 Å². The second-order valence-electron chi connectivity index (χ2n) is 7.11. The van der Waals surface area contributed by atoms with Crippen LogP contribution in [0.4, 0.5) is 13.2 Å². The van der Waals surface area contributed by atoms with Gasteiger partial charge in [-0.3, -0.25) is 9.67 Å². The average Bonchev–Trinajstić information content (AvgIpc) is 3.37. The van der Waals surface area contributed by atoms with Gasteiger partial charge in [0.2, 0.25) is 0 Å². The first-order valence-electron chi connectivity index (χ1n) is 9.29. The van der Waals surface area contributed by atoms with Crippen LogP contribution in [0.2, 0.25) is 0 Å². The van der Waals surface area contributed by atoms with Crippen molar-refractivity contribution in [2.24, 2.45) is 7.05 Å². The summed E-state index contributed by atoms with van der Waals surface area (Å²) in [5.74, 6) is 0. The maximum atomic E-state index is 13.8. The smallest absolute Gasteiger partial charge is 0.382 e. The fourth-order valence-corrected chi connectivity index (χ4v) is 3.55. The van der Waals surface area contributed by atoms with Crippen LogP contribution in [0.3, 0.4) is 0 Å². The van der Waals surface area contributed by atoms with Crippen LogP contribution in [0.15, 0.2) is 61.2 Å². The van der Waals surface area contributed by atoms with Crippen LogP contribution in [0.5, 0.6) is 0 Å². The van der Waals surface area contributed by atoms with Gasteiger partial charge in [-0.05, 0) is 35.9 Å². The molecule has 0 fully saturated rings. The second kappa shape index (κ2) is 6.88. The summed E-state index contributed by atoms with van der Waals surface area (Å²) in [6.45, 7) is 0. The first-order chi connectivity index (χ1) is 14.8. The number of rotatable bonds is 3. The van der Waals surface area contributed by atoms with Crippen LogP contribution in [0.25, 0.3) is 27.8 Å². The van der Waals surface area contributed by atoms with Crippen molar-refractivity contribution in [1.82, 2.24) is 29.4 Å². The van der Waals surface area contributed by atoms with E-state index in [0.29, 0.717) is 16.7 Å². The molecule has 1 aromatic carbocycles. The quantitative estimate of drug-likeness (QED) is 0.477. The topological polar surface area (TPSA) is 81.1 Å². The largest absolute Gasteiger partial charge is 0.416 e. The molecule has 1 N–H and O–H groups in total.